The van der Waals surface area contributed by atoms with Crippen LogP contribution in [0, 0.1) is 5.92 Å². The van der Waals surface area contributed by atoms with Crippen LogP contribution >= 0.6 is 0 Å². The molecule has 2 fully saturated rings. The number of hydrogen-bond acceptors (Lipinski definition) is 4. The third-order valence-electron chi connectivity index (χ3n) is 4.33. The first-order chi connectivity index (χ1) is 8.33. The smallest absolute Gasteiger partial charge is 0.144 e. The second-order valence-corrected chi connectivity index (χ2v) is 5.36. The van der Waals surface area contributed by atoms with Crippen molar-refractivity contribution in [2.24, 2.45) is 5.92 Å². The van der Waals surface area contributed by atoms with Crippen molar-refractivity contribution in [2.75, 3.05) is 18.9 Å². The molecule has 2 atom stereocenters. The lowest BCUT2D eigenvalue weighted by Gasteiger charge is -2.36. The second kappa shape index (κ2) is 4.61. The first kappa shape index (κ1) is 11.0. The summed E-state index contributed by atoms with van der Waals surface area (Å²) in [6, 6.07) is 1.64. The van der Waals surface area contributed by atoms with Crippen LogP contribution in [-0.2, 0) is 0 Å². The van der Waals surface area contributed by atoms with Gasteiger partial charge in [0.25, 0.3) is 0 Å². The largest absolute Gasteiger partial charge is 0.369 e. The first-order valence-electron chi connectivity index (χ1n) is 6.55. The van der Waals surface area contributed by atoms with Crippen molar-refractivity contribution in [2.45, 2.75) is 37.8 Å². The Hall–Kier alpha value is -1.16. The summed E-state index contributed by atoms with van der Waals surface area (Å²) >= 11 is 0. The lowest BCUT2D eigenvalue weighted by Crippen LogP contribution is -2.41. The van der Waals surface area contributed by atoms with Gasteiger partial charge in [-0.25, -0.2) is 4.98 Å². The average Bonchev–Trinajstić information content (AvgIpc) is 2.61. The maximum Gasteiger partial charge on any atom is 0.144 e. The van der Waals surface area contributed by atoms with Crippen LogP contribution < -0.4 is 5.32 Å². The fourth-order valence-corrected chi connectivity index (χ4v) is 3.33. The molecule has 2 unspecified atom stereocenters. The standard InChI is InChI=1S/C13H20N4/c1-17-11-2-3-12(17)7-10(6-11)8-16-13-9-14-4-5-15-13/h4-5,9-12H,2-3,6-8H2,1H3,(H,15,16). The van der Waals surface area contributed by atoms with Crippen LogP contribution in [-0.4, -0.2) is 40.5 Å². The van der Waals surface area contributed by atoms with Crippen LogP contribution in [0.1, 0.15) is 25.7 Å². The van der Waals surface area contributed by atoms with E-state index >= 15 is 0 Å². The molecule has 17 heavy (non-hydrogen) atoms. The van der Waals surface area contributed by atoms with Gasteiger partial charge in [-0.1, -0.05) is 0 Å². The molecule has 0 aromatic carbocycles. The maximum absolute atomic E-state index is 4.25. The maximum atomic E-state index is 4.25. The summed E-state index contributed by atoms with van der Waals surface area (Å²) < 4.78 is 0. The molecule has 1 N–H and O–H groups in total. The van der Waals surface area contributed by atoms with Crippen LogP contribution in [0.4, 0.5) is 5.82 Å². The monoisotopic (exact) mass is 232 g/mol. The summed E-state index contributed by atoms with van der Waals surface area (Å²) in [5.41, 5.74) is 0. The van der Waals surface area contributed by atoms with Gasteiger partial charge in [-0.2, -0.15) is 0 Å². The SMILES string of the molecule is CN1C2CCC1CC(CNc1cnccn1)C2. The normalized spacial score (nSPS) is 32.6. The molecule has 1 aromatic heterocycles. The molecule has 92 valence electrons. The van der Waals surface area contributed by atoms with Crippen LogP contribution in [0.3, 0.4) is 0 Å². The zero-order valence-corrected chi connectivity index (χ0v) is 10.3. The number of nitrogens with zero attached hydrogens (tertiary/aromatic N) is 3. The van der Waals surface area contributed by atoms with E-state index in [4.69, 9.17) is 0 Å². The predicted octanol–water partition coefficient (Wildman–Crippen LogP) is 1.76. The second-order valence-electron chi connectivity index (χ2n) is 5.36. The Morgan fingerprint density at radius 1 is 1.29 bits per heavy atom. The van der Waals surface area contributed by atoms with E-state index in [-0.39, 0.29) is 0 Å². The molecule has 2 aliphatic rings. The van der Waals surface area contributed by atoms with E-state index < -0.39 is 0 Å². The van der Waals surface area contributed by atoms with Crippen molar-refractivity contribution >= 4 is 5.82 Å². The molecular formula is C13H20N4. The Morgan fingerprint density at radius 3 is 2.71 bits per heavy atom. The average molecular weight is 232 g/mol. The highest BCUT2D eigenvalue weighted by atomic mass is 15.2. The minimum atomic E-state index is 0.797. The lowest BCUT2D eigenvalue weighted by atomic mass is 9.91. The fraction of sp³-hybridized carbons (Fsp3) is 0.692. The zero-order valence-electron chi connectivity index (χ0n) is 10.3. The first-order valence-corrected chi connectivity index (χ1v) is 6.55. The summed E-state index contributed by atoms with van der Waals surface area (Å²) in [5, 5.41) is 3.41. The van der Waals surface area contributed by atoms with Crippen molar-refractivity contribution < 1.29 is 0 Å². The molecule has 3 heterocycles. The van der Waals surface area contributed by atoms with Gasteiger partial charge in [0, 0.05) is 31.0 Å². The Kier molecular flexibility index (Phi) is 2.97. The third-order valence-corrected chi connectivity index (χ3v) is 4.33. The van der Waals surface area contributed by atoms with Crippen molar-refractivity contribution in [1.82, 2.24) is 14.9 Å². The van der Waals surface area contributed by atoms with E-state index in [9.17, 15) is 0 Å². The van der Waals surface area contributed by atoms with E-state index in [2.05, 4.69) is 27.2 Å². The van der Waals surface area contributed by atoms with Crippen molar-refractivity contribution in [3.05, 3.63) is 18.6 Å². The molecule has 4 heteroatoms. The zero-order chi connectivity index (χ0) is 11.7. The molecule has 0 radical (unpaired) electrons. The van der Waals surface area contributed by atoms with Gasteiger partial charge >= 0.3 is 0 Å². The Labute approximate surface area is 102 Å². The highest BCUT2D eigenvalue weighted by molar-refractivity contribution is 5.29. The van der Waals surface area contributed by atoms with Gasteiger partial charge in [0.1, 0.15) is 5.82 Å². The number of anilines is 1. The summed E-state index contributed by atoms with van der Waals surface area (Å²) in [7, 11) is 2.29. The number of aromatic nitrogens is 2. The molecule has 2 bridgehead atoms. The summed E-state index contributed by atoms with van der Waals surface area (Å²) in [5.74, 6) is 1.70. The van der Waals surface area contributed by atoms with Crippen molar-refractivity contribution in [1.29, 1.82) is 0 Å². The van der Waals surface area contributed by atoms with Gasteiger partial charge in [-0.3, -0.25) is 4.98 Å². The quantitative estimate of drug-likeness (QED) is 0.862. The Bertz CT molecular complexity index is 353. The molecule has 1 aromatic rings. The van der Waals surface area contributed by atoms with Gasteiger partial charge in [0.2, 0.25) is 0 Å². The minimum Gasteiger partial charge on any atom is -0.369 e. The molecule has 2 aliphatic heterocycles. The summed E-state index contributed by atoms with van der Waals surface area (Å²) in [6.07, 6.45) is 10.7. The minimum absolute atomic E-state index is 0.797. The highest BCUT2D eigenvalue weighted by Gasteiger charge is 2.38. The summed E-state index contributed by atoms with van der Waals surface area (Å²) in [4.78, 5) is 10.9. The van der Waals surface area contributed by atoms with Gasteiger partial charge < -0.3 is 10.2 Å². The molecule has 3 rings (SSSR count). The fourth-order valence-electron chi connectivity index (χ4n) is 3.33. The Morgan fingerprint density at radius 2 is 2.06 bits per heavy atom. The van der Waals surface area contributed by atoms with E-state index in [1.54, 1.807) is 18.6 Å². The predicted molar refractivity (Wildman–Crippen MR) is 67.8 cm³/mol. The van der Waals surface area contributed by atoms with E-state index in [1.165, 1.54) is 25.7 Å². The molecule has 0 amide bonds. The number of piperidine rings is 1. The molecule has 0 saturated carbocycles. The van der Waals surface area contributed by atoms with Gasteiger partial charge in [-0.15, -0.1) is 0 Å². The molecule has 0 spiro atoms. The highest BCUT2D eigenvalue weighted by Crippen LogP contribution is 2.37. The molecule has 2 saturated heterocycles. The molecule has 4 nitrogen and oxygen atoms in total. The topological polar surface area (TPSA) is 41.0 Å². The number of fused-ring (bicyclic) bond motifs is 2. The van der Waals surface area contributed by atoms with Crippen LogP contribution in [0.2, 0.25) is 0 Å². The number of rotatable bonds is 3. The number of hydrogen-bond donors (Lipinski definition) is 1. The van der Waals surface area contributed by atoms with Gasteiger partial charge in [0.15, 0.2) is 0 Å². The van der Waals surface area contributed by atoms with Crippen LogP contribution in [0.15, 0.2) is 18.6 Å². The molecular weight excluding hydrogens is 212 g/mol. The molecule has 0 aliphatic carbocycles. The number of nitrogens with one attached hydrogen (secondary N) is 1. The van der Waals surface area contributed by atoms with E-state index in [0.717, 1.165) is 30.4 Å². The van der Waals surface area contributed by atoms with Crippen LogP contribution in [0.5, 0.6) is 0 Å². The van der Waals surface area contributed by atoms with Crippen molar-refractivity contribution in [3.63, 3.8) is 0 Å². The Balaban J connectivity index is 1.54. The van der Waals surface area contributed by atoms with Crippen molar-refractivity contribution in [3.8, 4) is 0 Å². The van der Waals surface area contributed by atoms with Gasteiger partial charge in [-0.05, 0) is 38.6 Å². The van der Waals surface area contributed by atoms with Crippen LogP contribution in [0.25, 0.3) is 0 Å². The van der Waals surface area contributed by atoms with Gasteiger partial charge in [0.05, 0.1) is 6.20 Å². The summed E-state index contributed by atoms with van der Waals surface area (Å²) in [6.45, 7) is 1.04. The third kappa shape index (κ3) is 2.27. The van der Waals surface area contributed by atoms with E-state index in [0.29, 0.717) is 0 Å². The van der Waals surface area contributed by atoms with E-state index in [1.807, 2.05) is 0 Å². The lowest BCUT2D eigenvalue weighted by molar-refractivity contribution is 0.139.